The van der Waals surface area contributed by atoms with Crippen LogP contribution in [0.4, 0.5) is 0 Å². The van der Waals surface area contributed by atoms with Gasteiger partial charge in [-0.1, -0.05) is 37.3 Å². The summed E-state index contributed by atoms with van der Waals surface area (Å²) >= 11 is 0. The van der Waals surface area contributed by atoms with Gasteiger partial charge >= 0.3 is 0 Å². The number of halogens is 1. The number of amides is 1. The second-order valence-electron chi connectivity index (χ2n) is 5.92. The van der Waals surface area contributed by atoms with Gasteiger partial charge < -0.3 is 15.4 Å². The van der Waals surface area contributed by atoms with E-state index < -0.39 is 0 Å². The molecule has 22 heavy (non-hydrogen) atoms. The van der Waals surface area contributed by atoms with Crippen LogP contribution in [-0.2, 0) is 9.53 Å². The highest BCUT2D eigenvalue weighted by atomic mass is 35.5. The van der Waals surface area contributed by atoms with E-state index in [2.05, 4.69) is 31.2 Å². The molecule has 4 nitrogen and oxygen atoms in total. The van der Waals surface area contributed by atoms with E-state index in [0.29, 0.717) is 24.8 Å². The fourth-order valence-electron chi connectivity index (χ4n) is 3.15. The lowest BCUT2D eigenvalue weighted by atomic mass is 9.81. The molecule has 1 aliphatic rings. The third-order valence-corrected chi connectivity index (χ3v) is 4.48. The van der Waals surface area contributed by atoms with Crippen molar-refractivity contribution in [1.29, 1.82) is 0 Å². The van der Waals surface area contributed by atoms with Crippen molar-refractivity contribution in [2.45, 2.75) is 31.8 Å². The summed E-state index contributed by atoms with van der Waals surface area (Å²) in [7, 11) is 1.61. The second-order valence-corrected chi connectivity index (χ2v) is 5.92. The summed E-state index contributed by atoms with van der Waals surface area (Å²) in [6, 6.07) is 10.6. The Labute approximate surface area is 139 Å². The normalized spacial score (nSPS) is 22.8. The Balaban J connectivity index is 0.00000242. The summed E-state index contributed by atoms with van der Waals surface area (Å²) in [5.41, 5.74) is 6.97. The third-order valence-electron chi connectivity index (χ3n) is 4.48. The lowest BCUT2D eigenvalue weighted by Crippen LogP contribution is -2.44. The maximum absolute atomic E-state index is 12.3. The number of carbonyl (C=O) groups excluding carboxylic acids is 1. The largest absolute Gasteiger partial charge is 0.380 e. The van der Waals surface area contributed by atoms with E-state index in [9.17, 15) is 4.79 Å². The first-order valence-electron chi connectivity index (χ1n) is 7.71. The molecule has 0 bridgehead atoms. The molecule has 1 amide bonds. The van der Waals surface area contributed by atoms with Gasteiger partial charge in [-0.3, -0.25) is 4.79 Å². The van der Waals surface area contributed by atoms with E-state index in [1.54, 1.807) is 7.11 Å². The van der Waals surface area contributed by atoms with Gasteiger partial charge in [0.05, 0.1) is 12.5 Å². The van der Waals surface area contributed by atoms with E-state index in [1.807, 2.05) is 11.0 Å². The quantitative estimate of drug-likeness (QED) is 0.904. The van der Waals surface area contributed by atoms with Crippen LogP contribution in [0.3, 0.4) is 0 Å². The van der Waals surface area contributed by atoms with Gasteiger partial charge in [-0.25, -0.2) is 0 Å². The number of nitrogens with two attached hydrogens (primary N) is 1. The van der Waals surface area contributed by atoms with Crippen LogP contribution in [0.15, 0.2) is 30.3 Å². The molecule has 0 aliphatic carbocycles. The first-order chi connectivity index (χ1) is 10.2. The molecule has 1 fully saturated rings. The molecule has 1 heterocycles. The van der Waals surface area contributed by atoms with Crippen molar-refractivity contribution in [3.8, 4) is 0 Å². The summed E-state index contributed by atoms with van der Waals surface area (Å²) in [5, 5.41) is 0. The van der Waals surface area contributed by atoms with Gasteiger partial charge in [-0.15, -0.1) is 12.4 Å². The SMILES string of the molecule is COC(CN)CC(=O)N1CCC(c2ccccc2)C(C)C1.Cl. The summed E-state index contributed by atoms with van der Waals surface area (Å²) in [5.74, 6) is 1.18. The Hall–Kier alpha value is -1.10. The number of methoxy groups -OCH3 is 1. The van der Waals surface area contributed by atoms with Crippen LogP contribution in [-0.4, -0.2) is 43.7 Å². The topological polar surface area (TPSA) is 55.6 Å². The number of hydrogen-bond acceptors (Lipinski definition) is 3. The van der Waals surface area contributed by atoms with Gasteiger partial charge in [0.2, 0.25) is 5.91 Å². The molecule has 0 spiro atoms. The Kier molecular flexibility index (Phi) is 7.87. The van der Waals surface area contributed by atoms with Crippen LogP contribution in [0.1, 0.15) is 31.2 Å². The van der Waals surface area contributed by atoms with E-state index in [4.69, 9.17) is 10.5 Å². The van der Waals surface area contributed by atoms with Crippen LogP contribution in [0.5, 0.6) is 0 Å². The smallest absolute Gasteiger partial charge is 0.225 e. The van der Waals surface area contributed by atoms with Crippen LogP contribution >= 0.6 is 12.4 Å². The number of carbonyl (C=O) groups is 1. The van der Waals surface area contributed by atoms with Gasteiger partial charge in [0.15, 0.2) is 0 Å². The maximum Gasteiger partial charge on any atom is 0.225 e. The van der Waals surface area contributed by atoms with Gasteiger partial charge in [-0.2, -0.15) is 0 Å². The molecule has 0 aromatic heterocycles. The molecule has 1 aromatic rings. The van der Waals surface area contributed by atoms with E-state index >= 15 is 0 Å². The first kappa shape index (κ1) is 18.9. The Bertz CT molecular complexity index is 451. The van der Waals surface area contributed by atoms with Crippen molar-refractivity contribution >= 4 is 18.3 Å². The lowest BCUT2D eigenvalue weighted by molar-refractivity contribution is -0.135. The highest BCUT2D eigenvalue weighted by Gasteiger charge is 2.30. The molecule has 1 saturated heterocycles. The minimum absolute atomic E-state index is 0. The van der Waals surface area contributed by atoms with Crippen molar-refractivity contribution in [3.63, 3.8) is 0 Å². The summed E-state index contributed by atoms with van der Waals surface area (Å²) in [4.78, 5) is 14.3. The first-order valence-corrected chi connectivity index (χ1v) is 7.71. The fourth-order valence-corrected chi connectivity index (χ4v) is 3.15. The second kappa shape index (κ2) is 9.13. The van der Waals surface area contributed by atoms with Crippen molar-refractivity contribution in [2.75, 3.05) is 26.7 Å². The van der Waals surface area contributed by atoms with Gasteiger partial charge in [0.1, 0.15) is 0 Å². The zero-order valence-corrected chi connectivity index (χ0v) is 14.2. The Morgan fingerprint density at radius 2 is 2.09 bits per heavy atom. The fraction of sp³-hybridized carbons (Fsp3) is 0.588. The molecule has 1 aliphatic heterocycles. The highest BCUT2D eigenvalue weighted by molar-refractivity contribution is 5.85. The summed E-state index contributed by atoms with van der Waals surface area (Å²) in [6.45, 7) is 4.26. The summed E-state index contributed by atoms with van der Waals surface area (Å²) < 4.78 is 5.21. The molecule has 3 atom stereocenters. The van der Waals surface area contributed by atoms with Crippen molar-refractivity contribution < 1.29 is 9.53 Å². The number of ether oxygens (including phenoxy) is 1. The number of hydrogen-bond donors (Lipinski definition) is 1. The molecule has 5 heteroatoms. The standard InChI is InChI=1S/C17H26N2O2.ClH/c1-13-12-19(17(20)10-15(11-18)21-2)9-8-16(13)14-6-4-3-5-7-14;/h3-7,13,15-16H,8-12,18H2,1-2H3;1H. The predicted molar refractivity (Wildman–Crippen MR) is 91.3 cm³/mol. The number of benzene rings is 1. The van der Waals surface area contributed by atoms with Gasteiger partial charge in [-0.05, 0) is 23.8 Å². The van der Waals surface area contributed by atoms with Crippen LogP contribution < -0.4 is 5.73 Å². The molecule has 2 rings (SSSR count). The van der Waals surface area contributed by atoms with E-state index in [-0.39, 0.29) is 24.4 Å². The van der Waals surface area contributed by atoms with E-state index in [0.717, 1.165) is 19.5 Å². The van der Waals surface area contributed by atoms with Crippen molar-refractivity contribution in [2.24, 2.45) is 11.7 Å². The molecular formula is C17H27ClN2O2. The number of piperidine rings is 1. The van der Waals surface area contributed by atoms with Crippen LogP contribution in [0.2, 0.25) is 0 Å². The predicted octanol–water partition coefficient (Wildman–Crippen LogP) is 2.42. The molecule has 3 unspecified atom stereocenters. The van der Waals surface area contributed by atoms with Gasteiger partial charge in [0, 0.05) is 26.7 Å². The lowest BCUT2D eigenvalue weighted by Gasteiger charge is -2.37. The van der Waals surface area contributed by atoms with Crippen molar-refractivity contribution in [1.82, 2.24) is 4.90 Å². The molecule has 2 N–H and O–H groups in total. The van der Waals surface area contributed by atoms with Crippen molar-refractivity contribution in [3.05, 3.63) is 35.9 Å². The number of likely N-dealkylation sites (tertiary alicyclic amines) is 1. The average Bonchev–Trinajstić information content (AvgIpc) is 2.53. The molecular weight excluding hydrogens is 300 g/mol. The molecule has 124 valence electrons. The zero-order valence-electron chi connectivity index (χ0n) is 13.4. The van der Waals surface area contributed by atoms with Gasteiger partial charge in [0.25, 0.3) is 0 Å². The minimum atomic E-state index is -0.167. The monoisotopic (exact) mass is 326 g/mol. The zero-order chi connectivity index (χ0) is 15.2. The average molecular weight is 327 g/mol. The summed E-state index contributed by atoms with van der Waals surface area (Å²) in [6.07, 6.45) is 1.24. The highest BCUT2D eigenvalue weighted by Crippen LogP contribution is 2.32. The van der Waals surface area contributed by atoms with E-state index in [1.165, 1.54) is 5.56 Å². The molecule has 1 aromatic carbocycles. The maximum atomic E-state index is 12.3. The molecule has 0 radical (unpaired) electrons. The minimum Gasteiger partial charge on any atom is -0.380 e. The Morgan fingerprint density at radius 1 is 1.41 bits per heavy atom. The number of rotatable bonds is 5. The molecule has 0 saturated carbocycles. The number of nitrogens with zero attached hydrogens (tertiary/aromatic N) is 1. The third kappa shape index (κ3) is 4.70. The van der Waals surface area contributed by atoms with Crippen LogP contribution in [0.25, 0.3) is 0 Å². The Morgan fingerprint density at radius 3 is 2.64 bits per heavy atom. The van der Waals surface area contributed by atoms with Crippen LogP contribution in [0, 0.1) is 5.92 Å².